The van der Waals surface area contributed by atoms with Gasteiger partial charge in [-0.05, 0) is 119 Å². The Morgan fingerprint density at radius 2 is 1.01 bits per heavy atom. The van der Waals surface area contributed by atoms with Gasteiger partial charge in [-0.3, -0.25) is 67.3 Å². The number of carbonyl (C=O) groups is 13. The minimum Gasteiger partial charge on any atom is -0.370 e. The van der Waals surface area contributed by atoms with Crippen LogP contribution in [0.3, 0.4) is 0 Å². The average Bonchev–Trinajstić information content (AvgIpc) is 1.74. The highest BCUT2D eigenvalue weighted by atomic mass is 32.2. The van der Waals surface area contributed by atoms with Crippen molar-refractivity contribution in [1.29, 1.82) is 0 Å². The van der Waals surface area contributed by atoms with Gasteiger partial charge in [0, 0.05) is 45.3 Å². The van der Waals surface area contributed by atoms with Gasteiger partial charge in [0.15, 0.2) is 5.96 Å². The molecule has 0 aliphatic carbocycles. The van der Waals surface area contributed by atoms with Gasteiger partial charge in [-0.25, -0.2) is 0 Å². The number of amides is 13. The highest BCUT2D eigenvalue weighted by molar-refractivity contribution is 7.98. The number of hydrogen-bond donors (Lipinski definition) is 15. The summed E-state index contributed by atoms with van der Waals surface area (Å²) >= 11 is 1.45. The van der Waals surface area contributed by atoms with E-state index in [1.807, 2.05) is 20.1 Å². The predicted molar refractivity (Wildman–Crippen MR) is 356 cm³/mol. The lowest BCUT2D eigenvalue weighted by molar-refractivity contribution is -0.144. The van der Waals surface area contributed by atoms with Gasteiger partial charge in [0.05, 0.1) is 12.6 Å². The summed E-state index contributed by atoms with van der Waals surface area (Å²) in [7, 11) is 0. The van der Waals surface area contributed by atoms with Gasteiger partial charge in [-0.2, -0.15) is 11.8 Å². The number of nitrogens with zero attached hydrogens (tertiary/aromatic N) is 3. The van der Waals surface area contributed by atoms with E-state index in [1.165, 1.54) is 21.6 Å². The Balaban J connectivity index is 1.56. The number of benzene rings is 2. The maximum atomic E-state index is 14.7. The maximum Gasteiger partial charge on any atom is 0.245 e. The third kappa shape index (κ3) is 27.5. The van der Waals surface area contributed by atoms with Crippen molar-refractivity contribution in [2.24, 2.45) is 51.0 Å². The monoisotopic (exact) mass is 1350 g/mol. The van der Waals surface area contributed by atoms with Crippen molar-refractivity contribution in [3.63, 3.8) is 0 Å². The van der Waals surface area contributed by atoms with E-state index in [0.29, 0.717) is 55.4 Å². The van der Waals surface area contributed by atoms with Crippen LogP contribution in [0.5, 0.6) is 0 Å². The van der Waals surface area contributed by atoms with Crippen molar-refractivity contribution >= 4 is 94.5 Å². The number of rotatable bonds is 42. The fraction of sp³-hybridized carbons (Fsp3) is 0.587. The standard InChI is InChI=1S/C63H98N18O13S/c1-37(2)33-45(57(89)74-41(53(68)85)27-32-95-3)73-52(84)36-72-54(86)46(34-38-15-6-4-7-16-38)78-58(90)47(35-39-17-8-5-9-18-39)79-56(88)42(23-25-50(66)82)75-55(87)43(24-26-51(67)83)76-59(91)49-22-14-31-81(49)62(94)44(20-10-11-28-64)77-60(92)48-21-13-30-80(48)61(93)40(65)19-12-29-71-63(69)70/h4-9,15-18,37,40-49H,10-14,19-36,64-65H2,1-3H3,(H2,66,82)(H2,67,83)(H2,68,85)(H,72,86)(H,73,84)(H,74,89)(H,75,87)(H,76,91)(H,77,92)(H,78,90)(H,79,88)(H4,69,70,71)/t40-,41+,42-,43+,44+,45+,46-,47+,48+,49+/m1/s1. The molecule has 10 atom stereocenters. The van der Waals surface area contributed by atoms with Gasteiger partial charge in [-0.15, -0.1) is 0 Å². The highest BCUT2D eigenvalue weighted by Crippen LogP contribution is 2.24. The molecule has 2 saturated heterocycles. The first-order valence-corrected chi connectivity index (χ1v) is 33.6. The normalized spacial score (nSPS) is 16.8. The van der Waals surface area contributed by atoms with E-state index in [9.17, 15) is 62.3 Å². The van der Waals surface area contributed by atoms with Crippen molar-refractivity contribution in [3.05, 3.63) is 71.8 Å². The fourth-order valence-corrected chi connectivity index (χ4v) is 11.5. The van der Waals surface area contributed by atoms with Gasteiger partial charge in [0.2, 0.25) is 76.8 Å². The third-order valence-corrected chi connectivity index (χ3v) is 16.7. The van der Waals surface area contributed by atoms with Crippen molar-refractivity contribution < 1.29 is 62.3 Å². The number of aliphatic imine (C=N–C) groups is 1. The largest absolute Gasteiger partial charge is 0.370 e. The van der Waals surface area contributed by atoms with Gasteiger partial charge in [0.25, 0.3) is 0 Å². The molecule has 13 amide bonds. The average molecular weight is 1350 g/mol. The van der Waals surface area contributed by atoms with Crippen LogP contribution in [0.1, 0.15) is 121 Å². The lowest BCUT2D eigenvalue weighted by Crippen LogP contribution is -2.60. The Labute approximate surface area is 558 Å². The van der Waals surface area contributed by atoms with E-state index >= 15 is 0 Å². The zero-order valence-electron chi connectivity index (χ0n) is 54.5. The SMILES string of the molecule is CSCC[C@H](NC(=O)[C@H](CC(C)C)NC(=O)CNC(=O)[C@@H](Cc1ccccc1)NC(=O)[C@H](Cc1ccccc1)NC(=O)[C@@H](CCC(N)=O)NC(=O)[C@H](CCC(N)=O)NC(=O)[C@@H]1CCCN1C(=O)[C@H](CCCCN)NC(=O)[C@@H]1CCCN1C(=O)[C@H](N)CCCN=C(N)N)C(N)=O. The molecule has 2 fully saturated rings. The second-order valence-corrected chi connectivity index (χ2v) is 25.1. The van der Waals surface area contributed by atoms with E-state index < -0.39 is 169 Å². The molecule has 2 aliphatic heterocycles. The molecule has 2 aromatic rings. The van der Waals surface area contributed by atoms with E-state index in [-0.39, 0.29) is 83.0 Å². The maximum absolute atomic E-state index is 14.7. The Bertz CT molecular complexity index is 2960. The quantitative estimate of drug-likeness (QED) is 0.0173. The molecule has 0 unspecified atom stereocenters. The first-order valence-electron chi connectivity index (χ1n) is 32.2. The number of thioether (sulfide) groups is 1. The molecule has 2 aliphatic rings. The van der Waals surface area contributed by atoms with Crippen LogP contribution in [0.2, 0.25) is 0 Å². The van der Waals surface area contributed by atoms with Crippen LogP contribution in [0.25, 0.3) is 0 Å². The first kappa shape index (κ1) is 78.5. The summed E-state index contributed by atoms with van der Waals surface area (Å²) in [4.78, 5) is 185. The van der Waals surface area contributed by atoms with Crippen molar-refractivity contribution in [2.75, 3.05) is 44.7 Å². The predicted octanol–water partition coefficient (Wildman–Crippen LogP) is -3.71. The lowest BCUT2D eigenvalue weighted by Gasteiger charge is -2.32. The lowest BCUT2D eigenvalue weighted by atomic mass is 10.0. The van der Waals surface area contributed by atoms with Gasteiger partial charge >= 0.3 is 0 Å². The minimum atomic E-state index is -1.64. The Morgan fingerprint density at radius 3 is 1.51 bits per heavy atom. The third-order valence-electron chi connectivity index (χ3n) is 16.0. The van der Waals surface area contributed by atoms with Crippen LogP contribution in [-0.4, -0.2) is 198 Å². The Morgan fingerprint density at radius 1 is 0.537 bits per heavy atom. The first-order chi connectivity index (χ1) is 45.2. The topological polar surface area (TPSA) is 519 Å². The van der Waals surface area contributed by atoms with Gasteiger partial charge < -0.3 is 92.5 Å². The second-order valence-electron chi connectivity index (χ2n) is 24.1. The van der Waals surface area contributed by atoms with E-state index in [2.05, 4.69) is 47.5 Å². The molecule has 0 spiro atoms. The Kier molecular flexibility index (Phi) is 33.9. The summed E-state index contributed by atoms with van der Waals surface area (Å²) in [5, 5.41) is 21.1. The number of carbonyl (C=O) groups excluding carboxylic acids is 13. The number of nitrogens with one attached hydrogen (secondary N) is 8. The van der Waals surface area contributed by atoms with Crippen LogP contribution in [-0.2, 0) is 75.2 Å². The number of nitrogens with two attached hydrogens (primary N) is 7. The smallest absolute Gasteiger partial charge is 0.245 e. The zero-order chi connectivity index (χ0) is 70.1. The van der Waals surface area contributed by atoms with E-state index in [1.54, 1.807) is 60.7 Å². The number of likely N-dealkylation sites (tertiary alicyclic amines) is 2. The van der Waals surface area contributed by atoms with E-state index in [0.717, 1.165) is 0 Å². The zero-order valence-corrected chi connectivity index (χ0v) is 55.3. The second kappa shape index (κ2) is 41.0. The van der Waals surface area contributed by atoms with Crippen LogP contribution in [0.4, 0.5) is 0 Å². The molecule has 2 heterocycles. The van der Waals surface area contributed by atoms with Gasteiger partial charge in [0.1, 0.15) is 54.4 Å². The van der Waals surface area contributed by atoms with Gasteiger partial charge in [-0.1, -0.05) is 74.5 Å². The molecular formula is C63H98N18O13S. The Hall–Kier alpha value is -8.91. The van der Waals surface area contributed by atoms with E-state index in [4.69, 9.17) is 40.1 Å². The summed E-state index contributed by atoms with van der Waals surface area (Å²) < 4.78 is 0. The number of unbranched alkanes of at least 4 members (excludes halogenated alkanes) is 1. The molecule has 32 heteroatoms. The molecule has 0 radical (unpaired) electrons. The molecule has 2 aromatic carbocycles. The molecular weight excluding hydrogens is 1250 g/mol. The van der Waals surface area contributed by atoms with Crippen molar-refractivity contribution in [3.8, 4) is 0 Å². The fourth-order valence-electron chi connectivity index (χ4n) is 11.0. The molecule has 0 saturated carbocycles. The summed E-state index contributed by atoms with van der Waals surface area (Å²) in [6.45, 7) is 3.86. The summed E-state index contributed by atoms with van der Waals surface area (Å²) in [5.74, 6) is -9.80. The molecule has 0 aromatic heterocycles. The molecule has 95 heavy (non-hydrogen) atoms. The van der Waals surface area contributed by atoms with Crippen molar-refractivity contribution in [1.82, 2.24) is 52.3 Å². The molecule has 31 nitrogen and oxygen atoms in total. The minimum absolute atomic E-state index is 0.0736. The number of hydrogen-bond acceptors (Lipinski definition) is 17. The van der Waals surface area contributed by atoms with Crippen LogP contribution in [0, 0.1) is 5.92 Å². The number of guanidine groups is 1. The summed E-state index contributed by atoms with van der Waals surface area (Å²) in [6.07, 6.45) is 3.12. The summed E-state index contributed by atoms with van der Waals surface area (Å²) in [5.41, 5.74) is 40.6. The molecule has 4 rings (SSSR count). The van der Waals surface area contributed by atoms with Crippen molar-refractivity contribution in [2.45, 2.75) is 183 Å². The molecule has 0 bridgehead atoms. The summed E-state index contributed by atoms with van der Waals surface area (Å²) in [6, 6.07) is 4.51. The van der Waals surface area contributed by atoms with Crippen LogP contribution < -0.4 is 82.7 Å². The van der Waals surface area contributed by atoms with Crippen LogP contribution >= 0.6 is 11.8 Å². The number of primary amides is 3. The van der Waals surface area contributed by atoms with Crippen LogP contribution in [0.15, 0.2) is 65.7 Å². The molecule has 22 N–H and O–H groups in total. The molecule has 524 valence electrons. The highest BCUT2D eigenvalue weighted by Gasteiger charge is 2.42.